The first-order valence-corrected chi connectivity index (χ1v) is 11.3. The van der Waals surface area contributed by atoms with Crippen molar-refractivity contribution in [3.05, 3.63) is 66.2 Å². The molecule has 3 saturated heterocycles. The molecule has 3 aliphatic rings. The van der Waals surface area contributed by atoms with Crippen molar-refractivity contribution in [1.82, 2.24) is 0 Å². The van der Waals surface area contributed by atoms with Crippen molar-refractivity contribution in [3.63, 3.8) is 0 Å². The summed E-state index contributed by atoms with van der Waals surface area (Å²) in [6, 6.07) is 19.7. The summed E-state index contributed by atoms with van der Waals surface area (Å²) in [6.07, 6.45) is 3.17. The lowest BCUT2D eigenvalue weighted by atomic mass is 9.83. The van der Waals surface area contributed by atoms with E-state index in [-0.39, 0.29) is 6.10 Å². The highest BCUT2D eigenvalue weighted by molar-refractivity contribution is 5.20. The lowest BCUT2D eigenvalue weighted by Crippen LogP contribution is -2.65. The van der Waals surface area contributed by atoms with E-state index in [4.69, 9.17) is 15.2 Å². The number of para-hydroxylation sites is 1. The number of aliphatic hydroxyl groups excluding tert-OH is 1. The first-order valence-electron chi connectivity index (χ1n) is 11.3. The van der Waals surface area contributed by atoms with Crippen LogP contribution in [0.2, 0.25) is 0 Å². The van der Waals surface area contributed by atoms with Gasteiger partial charge in [0, 0.05) is 25.2 Å². The Balaban J connectivity index is 1.25. The van der Waals surface area contributed by atoms with Gasteiger partial charge in [-0.1, -0.05) is 48.5 Å². The van der Waals surface area contributed by atoms with E-state index in [0.29, 0.717) is 12.3 Å². The van der Waals surface area contributed by atoms with Crippen LogP contribution in [0.1, 0.15) is 24.8 Å². The lowest BCUT2D eigenvalue weighted by molar-refractivity contribution is -0.947. The van der Waals surface area contributed by atoms with E-state index in [1.165, 1.54) is 25.9 Å². The van der Waals surface area contributed by atoms with Gasteiger partial charge in [-0.05, 0) is 24.1 Å². The van der Waals surface area contributed by atoms with Crippen LogP contribution in [-0.2, 0) is 11.2 Å². The van der Waals surface area contributed by atoms with Gasteiger partial charge in [-0.25, -0.2) is 0 Å². The summed E-state index contributed by atoms with van der Waals surface area (Å²) >= 11 is 0. The molecule has 0 spiro atoms. The Labute approximate surface area is 180 Å². The highest BCUT2D eigenvalue weighted by atomic mass is 16.6. The van der Waals surface area contributed by atoms with Crippen LogP contribution < -0.4 is 10.5 Å². The fourth-order valence-electron chi connectivity index (χ4n) is 5.06. The average molecular weight is 412 g/mol. The Morgan fingerprint density at radius 2 is 1.67 bits per heavy atom. The lowest BCUT2D eigenvalue weighted by Gasteiger charge is -2.52. The zero-order chi connectivity index (χ0) is 20.8. The molecule has 0 saturated carbocycles. The van der Waals surface area contributed by atoms with Crippen molar-refractivity contribution in [3.8, 4) is 5.75 Å². The van der Waals surface area contributed by atoms with Crippen molar-refractivity contribution in [2.75, 3.05) is 32.8 Å². The van der Waals surface area contributed by atoms with Gasteiger partial charge in [-0.2, -0.15) is 0 Å². The second-order valence-corrected chi connectivity index (χ2v) is 8.97. The third-order valence-corrected chi connectivity index (χ3v) is 6.82. The van der Waals surface area contributed by atoms with Crippen molar-refractivity contribution in [1.29, 1.82) is 0 Å². The van der Waals surface area contributed by atoms with Crippen LogP contribution in [0.5, 0.6) is 5.75 Å². The van der Waals surface area contributed by atoms with Crippen LogP contribution in [0, 0.1) is 5.92 Å². The second kappa shape index (κ2) is 9.92. The topological polar surface area (TPSA) is 64.7 Å². The summed E-state index contributed by atoms with van der Waals surface area (Å²) < 4.78 is 13.1. The monoisotopic (exact) mass is 411 g/mol. The number of nitrogens with two attached hydrogens (primary N) is 1. The molecule has 2 aromatic carbocycles. The number of aliphatic hydroxyl groups is 1. The molecule has 2 bridgehead atoms. The molecule has 5 nitrogen and oxygen atoms in total. The fraction of sp³-hybridized carbons (Fsp3) is 0.520. The number of rotatable bonds is 10. The molecule has 3 fully saturated rings. The normalized spacial score (nSPS) is 27.5. The SMILES string of the molecule is N[C@@H](Cc1ccccc1)C(O)O[C@H]1C[N+]2(CCCOc3ccccc3)CCC1CC2. The molecular weight excluding hydrogens is 376 g/mol. The summed E-state index contributed by atoms with van der Waals surface area (Å²) in [6.45, 7) is 5.24. The number of benzene rings is 2. The third-order valence-electron chi connectivity index (χ3n) is 6.82. The van der Waals surface area contributed by atoms with Crippen LogP contribution in [0.3, 0.4) is 0 Å². The van der Waals surface area contributed by atoms with E-state index >= 15 is 0 Å². The number of hydrogen-bond donors (Lipinski definition) is 2. The molecule has 5 rings (SSSR count). The molecule has 3 atom stereocenters. The summed E-state index contributed by atoms with van der Waals surface area (Å²) in [7, 11) is 0. The van der Waals surface area contributed by atoms with Gasteiger partial charge in [0.15, 0.2) is 6.29 Å². The molecular formula is C25H35N2O3+. The molecule has 30 heavy (non-hydrogen) atoms. The Kier molecular flexibility index (Phi) is 7.05. The molecule has 0 aliphatic carbocycles. The van der Waals surface area contributed by atoms with Crippen molar-refractivity contribution in [2.24, 2.45) is 11.7 Å². The molecule has 0 amide bonds. The molecule has 5 heteroatoms. The zero-order valence-corrected chi connectivity index (χ0v) is 17.7. The van der Waals surface area contributed by atoms with Crippen molar-refractivity contribution >= 4 is 0 Å². The second-order valence-electron chi connectivity index (χ2n) is 8.97. The predicted molar refractivity (Wildman–Crippen MR) is 118 cm³/mol. The Bertz CT molecular complexity index is 762. The van der Waals surface area contributed by atoms with E-state index in [9.17, 15) is 5.11 Å². The number of quaternary nitrogens is 1. The minimum Gasteiger partial charge on any atom is -0.493 e. The van der Waals surface area contributed by atoms with Gasteiger partial charge in [-0.15, -0.1) is 0 Å². The summed E-state index contributed by atoms with van der Waals surface area (Å²) in [5.74, 6) is 1.48. The van der Waals surface area contributed by atoms with Gasteiger partial charge < -0.3 is 24.8 Å². The molecule has 2 aromatic rings. The maximum Gasteiger partial charge on any atom is 0.170 e. The maximum atomic E-state index is 10.6. The summed E-state index contributed by atoms with van der Waals surface area (Å²) in [5.41, 5.74) is 7.38. The smallest absolute Gasteiger partial charge is 0.170 e. The number of hydrogen-bond acceptors (Lipinski definition) is 4. The highest BCUT2D eigenvalue weighted by Gasteiger charge is 2.47. The number of fused-ring (bicyclic) bond motifs is 3. The van der Waals surface area contributed by atoms with E-state index in [0.717, 1.165) is 41.9 Å². The van der Waals surface area contributed by atoms with Crippen molar-refractivity contribution in [2.45, 2.75) is 44.1 Å². The van der Waals surface area contributed by atoms with E-state index in [1.54, 1.807) is 0 Å². The van der Waals surface area contributed by atoms with Crippen LogP contribution in [0.15, 0.2) is 60.7 Å². The van der Waals surface area contributed by atoms with Gasteiger partial charge in [0.25, 0.3) is 0 Å². The Hall–Kier alpha value is -1.92. The molecule has 162 valence electrons. The summed E-state index contributed by atoms with van der Waals surface area (Å²) in [5, 5.41) is 10.6. The number of piperidine rings is 3. The largest absolute Gasteiger partial charge is 0.493 e. The standard InChI is InChI=1S/C25H35N2O3/c26-23(18-20-8-3-1-4-9-20)25(28)30-24-19-27(15-12-21(24)13-16-27)14-7-17-29-22-10-5-2-6-11-22/h1-6,8-11,21,23-25,28H,7,12-19,26H2/q+1/t21?,23-,24-,25?,27?/m0/s1. The van der Waals surface area contributed by atoms with Crippen molar-refractivity contribution < 1.29 is 19.1 Å². The Morgan fingerprint density at radius 1 is 1.00 bits per heavy atom. The predicted octanol–water partition coefficient (Wildman–Crippen LogP) is 2.97. The number of ether oxygens (including phenoxy) is 2. The first kappa shape index (κ1) is 21.3. The van der Waals surface area contributed by atoms with Crippen LogP contribution in [0.4, 0.5) is 0 Å². The van der Waals surface area contributed by atoms with Gasteiger partial charge in [0.1, 0.15) is 18.4 Å². The fourth-order valence-corrected chi connectivity index (χ4v) is 5.06. The van der Waals surface area contributed by atoms with Gasteiger partial charge >= 0.3 is 0 Å². The molecule has 1 unspecified atom stereocenters. The molecule has 0 radical (unpaired) electrons. The van der Waals surface area contributed by atoms with Gasteiger partial charge in [-0.3, -0.25) is 0 Å². The molecule has 3 N–H and O–H groups in total. The zero-order valence-electron chi connectivity index (χ0n) is 17.7. The number of nitrogens with zero attached hydrogens (tertiary/aromatic N) is 1. The highest BCUT2D eigenvalue weighted by Crippen LogP contribution is 2.36. The molecule has 3 heterocycles. The maximum absolute atomic E-state index is 10.6. The van der Waals surface area contributed by atoms with Crippen LogP contribution >= 0.6 is 0 Å². The quantitative estimate of drug-likeness (QED) is 0.358. The van der Waals surface area contributed by atoms with E-state index < -0.39 is 12.3 Å². The third kappa shape index (κ3) is 5.41. The average Bonchev–Trinajstić information content (AvgIpc) is 2.79. The first-order chi connectivity index (χ1) is 14.6. The van der Waals surface area contributed by atoms with Crippen LogP contribution in [-0.4, -0.2) is 60.8 Å². The molecule has 3 aliphatic heterocycles. The van der Waals surface area contributed by atoms with Gasteiger partial charge in [0.2, 0.25) is 0 Å². The minimum absolute atomic E-state index is 0.0966. The Morgan fingerprint density at radius 3 is 2.37 bits per heavy atom. The minimum atomic E-state index is -0.919. The molecule has 0 aromatic heterocycles. The van der Waals surface area contributed by atoms with E-state index in [2.05, 4.69) is 0 Å². The summed E-state index contributed by atoms with van der Waals surface area (Å²) in [4.78, 5) is 0. The van der Waals surface area contributed by atoms with Crippen LogP contribution in [0.25, 0.3) is 0 Å². The van der Waals surface area contributed by atoms with Gasteiger partial charge in [0.05, 0.1) is 32.3 Å². The van der Waals surface area contributed by atoms with E-state index in [1.807, 2.05) is 60.7 Å².